The maximum atomic E-state index is 14.1. The minimum Gasteiger partial charge on any atom is -0.359 e. The quantitative estimate of drug-likeness (QED) is 0.513. The van der Waals surface area contributed by atoms with Gasteiger partial charge >= 0.3 is 0 Å². The van der Waals surface area contributed by atoms with Crippen LogP contribution in [0.25, 0.3) is 0 Å². The predicted octanol–water partition coefficient (Wildman–Crippen LogP) is 4.10. The van der Waals surface area contributed by atoms with Crippen molar-refractivity contribution in [2.75, 3.05) is 5.32 Å². The molecule has 3 fully saturated rings. The van der Waals surface area contributed by atoms with E-state index >= 15 is 0 Å². The number of halogens is 2. The van der Waals surface area contributed by atoms with Crippen LogP contribution >= 0.6 is 11.6 Å². The zero-order valence-corrected chi connectivity index (χ0v) is 23.1. The molecule has 3 aliphatic heterocycles. The first-order valence-corrected chi connectivity index (χ1v) is 14.2. The monoisotopic (exact) mass is 566 g/mol. The predicted molar refractivity (Wildman–Crippen MR) is 146 cm³/mol. The second kappa shape index (κ2) is 10.3. The van der Waals surface area contributed by atoms with Crippen LogP contribution in [0.15, 0.2) is 54.9 Å². The average molecular weight is 567 g/mol. The van der Waals surface area contributed by atoms with Gasteiger partial charge in [0, 0.05) is 30.7 Å². The topological polar surface area (TPSA) is 101 Å². The number of amides is 3. The van der Waals surface area contributed by atoms with Crippen LogP contribution in [0.3, 0.4) is 0 Å². The summed E-state index contributed by atoms with van der Waals surface area (Å²) in [7, 11) is 0. The first-order valence-electron chi connectivity index (χ1n) is 13.8. The number of nitrogens with zero attached hydrogens (tertiary/aromatic N) is 2. The Hall–Kier alpha value is -3.30. The fourth-order valence-electron chi connectivity index (χ4n) is 6.97. The number of nitrogens with one attached hydrogen (secondary N) is 2. The SMILES string of the molecule is C[C@@H]1[C@H](C)CCC[C@@H]1NC(=O)[C@@H]1N(Cc2cccnc2)C(=O)[C@H]2[C@@H](C(=O)Nc3ccc(F)c(Cl)c3)[C@H]3C=C[C@@]12O3. The number of hydrogen-bond donors (Lipinski definition) is 2. The molecule has 40 heavy (non-hydrogen) atoms. The Labute approximate surface area is 237 Å². The Morgan fingerprint density at radius 1 is 1.23 bits per heavy atom. The average Bonchev–Trinajstić information content (AvgIpc) is 3.57. The Kier molecular flexibility index (Phi) is 6.91. The molecule has 8 atom stereocenters. The molecule has 2 N–H and O–H groups in total. The molecule has 6 rings (SSSR count). The third kappa shape index (κ3) is 4.39. The molecule has 4 aliphatic rings. The van der Waals surface area contributed by atoms with Gasteiger partial charge in [-0.2, -0.15) is 0 Å². The molecule has 1 aromatic carbocycles. The van der Waals surface area contributed by atoms with Gasteiger partial charge in [-0.15, -0.1) is 0 Å². The van der Waals surface area contributed by atoms with Gasteiger partial charge in [-0.3, -0.25) is 19.4 Å². The van der Waals surface area contributed by atoms with Crippen molar-refractivity contribution in [1.82, 2.24) is 15.2 Å². The van der Waals surface area contributed by atoms with Gasteiger partial charge in [0.1, 0.15) is 17.5 Å². The van der Waals surface area contributed by atoms with E-state index in [-0.39, 0.29) is 29.4 Å². The van der Waals surface area contributed by atoms with Gasteiger partial charge in [0.2, 0.25) is 17.7 Å². The fourth-order valence-corrected chi connectivity index (χ4v) is 7.15. The minimum atomic E-state index is -1.28. The summed E-state index contributed by atoms with van der Waals surface area (Å²) in [5, 5.41) is 5.89. The Balaban J connectivity index is 1.32. The smallest absolute Gasteiger partial charge is 0.246 e. The number of aromatic nitrogens is 1. The summed E-state index contributed by atoms with van der Waals surface area (Å²) in [5.41, 5.74) is -0.199. The molecule has 0 unspecified atom stereocenters. The van der Waals surface area contributed by atoms with Crippen molar-refractivity contribution in [3.8, 4) is 0 Å². The van der Waals surface area contributed by atoms with Crippen LogP contribution in [0.2, 0.25) is 5.02 Å². The van der Waals surface area contributed by atoms with E-state index in [2.05, 4.69) is 29.5 Å². The standard InChI is InChI=1S/C30H32ClFN4O4/c1-16-5-3-7-22(17(16)2)35-28(38)26-30-11-10-23(40-30)24(27(37)34-19-8-9-21(32)20(31)13-19)25(30)29(39)36(26)15-18-6-4-12-33-14-18/h4,6,8-14,16-17,22-26H,3,5,7,15H2,1-2H3,(H,34,37)(H,35,38)/t16-,17-,22+,23-,24+,25-,26+,30+/m1/s1. The molecule has 2 aromatic rings. The summed E-state index contributed by atoms with van der Waals surface area (Å²) in [6.07, 6.45) is 9.23. The summed E-state index contributed by atoms with van der Waals surface area (Å²) in [4.78, 5) is 47.5. The molecule has 1 aliphatic carbocycles. The van der Waals surface area contributed by atoms with Gasteiger partial charge in [0.25, 0.3) is 0 Å². The Bertz CT molecular complexity index is 1370. The van der Waals surface area contributed by atoms with Crippen LogP contribution in [0, 0.1) is 29.5 Å². The van der Waals surface area contributed by atoms with Crippen molar-refractivity contribution >= 4 is 35.0 Å². The van der Waals surface area contributed by atoms with E-state index in [1.165, 1.54) is 23.1 Å². The van der Waals surface area contributed by atoms with Crippen LogP contribution in [0.5, 0.6) is 0 Å². The number of likely N-dealkylation sites (tertiary alicyclic amines) is 1. The van der Waals surface area contributed by atoms with E-state index in [4.69, 9.17) is 16.3 Å². The number of fused-ring (bicyclic) bond motifs is 1. The van der Waals surface area contributed by atoms with Crippen LogP contribution < -0.4 is 10.6 Å². The van der Waals surface area contributed by atoms with Gasteiger partial charge in [0.15, 0.2) is 0 Å². The van der Waals surface area contributed by atoms with E-state index in [0.717, 1.165) is 24.8 Å². The number of ether oxygens (including phenoxy) is 1. The summed E-state index contributed by atoms with van der Waals surface area (Å²) >= 11 is 5.91. The van der Waals surface area contributed by atoms with Crippen molar-refractivity contribution < 1.29 is 23.5 Å². The van der Waals surface area contributed by atoms with Gasteiger partial charge < -0.3 is 20.3 Å². The van der Waals surface area contributed by atoms with Gasteiger partial charge in [-0.05, 0) is 48.1 Å². The van der Waals surface area contributed by atoms with E-state index in [9.17, 15) is 18.8 Å². The molecule has 210 valence electrons. The highest BCUT2D eigenvalue weighted by Crippen LogP contribution is 2.55. The maximum absolute atomic E-state index is 14.1. The molecule has 8 nitrogen and oxygen atoms in total. The number of rotatable bonds is 6. The number of pyridine rings is 1. The minimum absolute atomic E-state index is 0.00746. The van der Waals surface area contributed by atoms with Crippen LogP contribution in [-0.2, 0) is 25.7 Å². The highest BCUT2D eigenvalue weighted by Gasteiger charge is 2.72. The zero-order chi connectivity index (χ0) is 28.2. The Morgan fingerprint density at radius 3 is 2.80 bits per heavy atom. The van der Waals surface area contributed by atoms with Crippen LogP contribution in [-0.4, -0.2) is 51.4 Å². The lowest BCUT2D eigenvalue weighted by Crippen LogP contribution is -2.57. The summed E-state index contributed by atoms with van der Waals surface area (Å²) in [5.74, 6) is -2.63. The highest BCUT2D eigenvalue weighted by molar-refractivity contribution is 6.31. The molecule has 1 aromatic heterocycles. The van der Waals surface area contributed by atoms with Gasteiger partial charge in [-0.25, -0.2) is 4.39 Å². The van der Waals surface area contributed by atoms with Crippen LogP contribution in [0.4, 0.5) is 10.1 Å². The molecule has 10 heteroatoms. The molecular formula is C30H32ClFN4O4. The van der Waals surface area contributed by atoms with Gasteiger partial charge in [0.05, 0.1) is 23.0 Å². The molecule has 1 saturated carbocycles. The molecule has 2 saturated heterocycles. The van der Waals surface area contributed by atoms with Crippen molar-refractivity contribution in [2.24, 2.45) is 23.7 Å². The second-order valence-electron chi connectivity index (χ2n) is 11.5. The van der Waals surface area contributed by atoms with Crippen molar-refractivity contribution in [1.29, 1.82) is 0 Å². The molecular weight excluding hydrogens is 535 g/mol. The van der Waals surface area contributed by atoms with Crippen molar-refractivity contribution in [3.63, 3.8) is 0 Å². The number of hydrogen-bond acceptors (Lipinski definition) is 5. The van der Waals surface area contributed by atoms with Crippen molar-refractivity contribution in [3.05, 3.63) is 71.3 Å². The molecule has 3 amide bonds. The van der Waals surface area contributed by atoms with Crippen LogP contribution in [0.1, 0.15) is 38.7 Å². The van der Waals surface area contributed by atoms with E-state index in [0.29, 0.717) is 17.5 Å². The fraction of sp³-hybridized carbons (Fsp3) is 0.467. The second-order valence-corrected chi connectivity index (χ2v) is 11.9. The zero-order valence-electron chi connectivity index (χ0n) is 22.3. The van der Waals surface area contributed by atoms with E-state index in [1.807, 2.05) is 6.07 Å². The normalized spacial score (nSPS) is 34.1. The third-order valence-corrected chi connectivity index (χ3v) is 9.51. The number of anilines is 1. The first-order chi connectivity index (χ1) is 19.2. The highest BCUT2D eigenvalue weighted by atomic mass is 35.5. The summed E-state index contributed by atoms with van der Waals surface area (Å²) in [6, 6.07) is 6.57. The van der Waals surface area contributed by atoms with E-state index in [1.54, 1.807) is 30.6 Å². The lowest BCUT2D eigenvalue weighted by molar-refractivity contribution is -0.142. The summed E-state index contributed by atoms with van der Waals surface area (Å²) < 4.78 is 20.1. The molecule has 2 bridgehead atoms. The lowest BCUT2D eigenvalue weighted by Gasteiger charge is -2.38. The Morgan fingerprint density at radius 2 is 2.05 bits per heavy atom. The largest absolute Gasteiger partial charge is 0.359 e. The van der Waals surface area contributed by atoms with E-state index < -0.39 is 41.3 Å². The maximum Gasteiger partial charge on any atom is 0.246 e. The van der Waals surface area contributed by atoms with Crippen molar-refractivity contribution in [2.45, 2.75) is 63.4 Å². The molecule has 4 heterocycles. The number of carbonyl (C=O) groups excluding carboxylic acids is 3. The first kappa shape index (κ1) is 26.9. The summed E-state index contributed by atoms with van der Waals surface area (Å²) in [6.45, 7) is 4.51. The number of carbonyl (C=O) groups is 3. The molecule has 0 radical (unpaired) electrons. The lowest BCUT2D eigenvalue weighted by atomic mass is 9.73. The van der Waals surface area contributed by atoms with Gasteiger partial charge in [-0.1, -0.05) is 56.5 Å². The number of benzene rings is 1. The molecule has 1 spiro atoms. The third-order valence-electron chi connectivity index (χ3n) is 9.22.